The molecule has 3 aromatic heterocycles. The summed E-state index contributed by atoms with van der Waals surface area (Å²) in [5.41, 5.74) is 12.5. The number of anilines is 2. The van der Waals surface area contributed by atoms with Crippen molar-refractivity contribution in [3.8, 4) is 11.4 Å². The van der Waals surface area contributed by atoms with E-state index in [1.54, 1.807) is 11.5 Å². The van der Waals surface area contributed by atoms with E-state index in [0.717, 1.165) is 29.0 Å². The van der Waals surface area contributed by atoms with Gasteiger partial charge in [-0.1, -0.05) is 42.5 Å². The van der Waals surface area contributed by atoms with E-state index in [-0.39, 0.29) is 18.0 Å². The number of amides is 1. The Labute approximate surface area is 270 Å². The second-order valence-electron chi connectivity index (χ2n) is 11.1. The summed E-state index contributed by atoms with van der Waals surface area (Å²) in [5.74, 6) is 0.329. The van der Waals surface area contributed by atoms with Gasteiger partial charge in [-0.05, 0) is 86.6 Å². The van der Waals surface area contributed by atoms with Gasteiger partial charge in [0.05, 0.1) is 29.8 Å². The fourth-order valence-corrected chi connectivity index (χ4v) is 7.58. The number of ether oxygens (including phenoxy) is 2. The molecule has 0 bridgehead atoms. The highest BCUT2D eigenvalue weighted by Gasteiger charge is 2.32. The van der Waals surface area contributed by atoms with E-state index in [9.17, 15) is 9.59 Å². The van der Waals surface area contributed by atoms with Gasteiger partial charge in [0.15, 0.2) is 5.65 Å². The average Bonchev–Trinajstić information content (AvgIpc) is 3.57. The molecule has 9 nitrogen and oxygen atoms in total. The Hall–Kier alpha value is -5.22. The number of esters is 1. The van der Waals surface area contributed by atoms with Crippen LogP contribution in [0.3, 0.4) is 0 Å². The fraction of sp³-hybridized carbons (Fsp3) is 0.222. The van der Waals surface area contributed by atoms with Gasteiger partial charge in [0.25, 0.3) is 5.91 Å². The highest BCUT2D eigenvalue weighted by atomic mass is 32.1. The summed E-state index contributed by atoms with van der Waals surface area (Å²) in [5, 5.41) is 3.50. The summed E-state index contributed by atoms with van der Waals surface area (Å²) in [7, 11) is 0. The monoisotopic (exact) mass is 631 g/mol. The Bertz CT molecular complexity index is 2090. The molecule has 1 unspecified atom stereocenters. The lowest BCUT2D eigenvalue weighted by molar-refractivity contribution is 0.0526. The molecule has 3 aromatic carbocycles. The molecule has 232 valence electrons. The minimum atomic E-state index is -0.472. The van der Waals surface area contributed by atoms with E-state index in [2.05, 4.69) is 29.6 Å². The number of hydrogen-bond acceptors (Lipinski definition) is 8. The highest BCUT2D eigenvalue weighted by Crippen LogP contribution is 2.43. The normalized spacial score (nSPS) is 14.3. The zero-order chi connectivity index (χ0) is 31.8. The van der Waals surface area contributed by atoms with Crippen LogP contribution in [0.25, 0.3) is 27.9 Å². The second kappa shape index (κ2) is 12.3. The summed E-state index contributed by atoms with van der Waals surface area (Å²) in [4.78, 5) is 38.4. The molecule has 1 amide bonds. The van der Waals surface area contributed by atoms with Crippen LogP contribution < -0.4 is 15.8 Å². The van der Waals surface area contributed by atoms with Crippen LogP contribution in [-0.4, -0.2) is 39.6 Å². The van der Waals surface area contributed by atoms with Crippen molar-refractivity contribution in [2.75, 3.05) is 24.3 Å². The van der Waals surface area contributed by atoms with Crippen LogP contribution in [-0.2, 0) is 17.6 Å². The maximum Gasteiger partial charge on any atom is 0.341 e. The van der Waals surface area contributed by atoms with Gasteiger partial charge < -0.3 is 20.5 Å². The number of nitrogens with two attached hydrogens (primary N) is 1. The third-order valence-electron chi connectivity index (χ3n) is 8.37. The van der Waals surface area contributed by atoms with Crippen molar-refractivity contribution in [3.63, 3.8) is 0 Å². The van der Waals surface area contributed by atoms with Gasteiger partial charge in [-0.2, -0.15) is 0 Å². The van der Waals surface area contributed by atoms with Crippen molar-refractivity contribution in [2.45, 2.75) is 39.0 Å². The maximum absolute atomic E-state index is 14.3. The molecule has 10 heteroatoms. The van der Waals surface area contributed by atoms with Gasteiger partial charge in [0, 0.05) is 10.6 Å². The molecule has 0 aliphatic heterocycles. The first kappa shape index (κ1) is 29.5. The Morgan fingerprint density at radius 3 is 2.37 bits per heavy atom. The Morgan fingerprint density at radius 1 is 0.935 bits per heavy atom. The van der Waals surface area contributed by atoms with Crippen LogP contribution in [0.2, 0.25) is 0 Å². The van der Waals surface area contributed by atoms with Crippen LogP contribution in [0, 0.1) is 0 Å². The van der Waals surface area contributed by atoms with Gasteiger partial charge in [-0.25, -0.2) is 14.8 Å². The molecule has 0 saturated heterocycles. The van der Waals surface area contributed by atoms with E-state index >= 15 is 0 Å². The fourth-order valence-electron chi connectivity index (χ4n) is 6.27. The number of para-hydroxylation sites is 2. The van der Waals surface area contributed by atoms with E-state index < -0.39 is 11.9 Å². The molecular formula is C36H33N5O4S. The maximum atomic E-state index is 14.3. The van der Waals surface area contributed by atoms with Crippen LogP contribution >= 0.6 is 11.3 Å². The molecule has 3 N–H and O–H groups in total. The Morgan fingerprint density at radius 2 is 1.65 bits per heavy atom. The lowest BCUT2D eigenvalue weighted by Gasteiger charge is -2.23. The number of carbonyl (C=O) groups excluding carboxylic acids is 2. The van der Waals surface area contributed by atoms with Gasteiger partial charge in [-0.3, -0.25) is 9.36 Å². The van der Waals surface area contributed by atoms with Crippen molar-refractivity contribution < 1.29 is 19.1 Å². The Balaban J connectivity index is 1.32. The molecule has 3 heterocycles. The number of hydrogen-bond donors (Lipinski definition) is 2. The molecule has 0 radical (unpaired) electrons. The van der Waals surface area contributed by atoms with E-state index in [1.165, 1.54) is 16.9 Å². The van der Waals surface area contributed by atoms with Crippen molar-refractivity contribution in [1.82, 2.24) is 14.5 Å². The predicted molar refractivity (Wildman–Crippen MR) is 181 cm³/mol. The standard InChI is InChI=1S/C36H33N5O4S/c1-3-44-24-17-15-23(16-18-24)41-32(37)30(31-33(41)39-27-13-9-8-12-26(27)38-31)34(42)40-35-29(36(43)45-4-2)25-19-14-22(20-28(25)46-35)21-10-6-5-7-11-21/h5-13,15-18,22H,3-4,14,19-20,37H2,1-2H3,(H,40,42). The van der Waals surface area contributed by atoms with Crippen molar-refractivity contribution in [1.29, 1.82) is 0 Å². The van der Waals surface area contributed by atoms with Crippen LogP contribution in [0.5, 0.6) is 5.75 Å². The molecule has 7 rings (SSSR count). The van der Waals surface area contributed by atoms with Gasteiger partial charge in [0.1, 0.15) is 27.6 Å². The second-order valence-corrected chi connectivity index (χ2v) is 12.2. The van der Waals surface area contributed by atoms with Crippen molar-refractivity contribution in [3.05, 3.63) is 106 Å². The van der Waals surface area contributed by atoms with Crippen LogP contribution in [0.4, 0.5) is 10.8 Å². The summed E-state index contributed by atoms with van der Waals surface area (Å²) >= 11 is 1.43. The van der Waals surface area contributed by atoms with Crippen LogP contribution in [0.15, 0.2) is 78.9 Å². The smallest absolute Gasteiger partial charge is 0.341 e. The minimum absolute atomic E-state index is 0.186. The number of nitrogens with zero attached hydrogens (tertiary/aromatic N) is 3. The number of carbonyl (C=O) groups is 2. The number of nitrogens with one attached hydrogen (secondary N) is 1. The van der Waals surface area contributed by atoms with Crippen molar-refractivity contribution in [2.24, 2.45) is 0 Å². The number of rotatable bonds is 8. The van der Waals surface area contributed by atoms with E-state index in [0.29, 0.717) is 57.4 Å². The molecule has 1 atom stereocenters. The first-order valence-corrected chi connectivity index (χ1v) is 16.3. The van der Waals surface area contributed by atoms with Gasteiger partial charge >= 0.3 is 5.97 Å². The number of fused-ring (bicyclic) bond motifs is 3. The number of thiophene rings is 1. The largest absolute Gasteiger partial charge is 0.494 e. The molecule has 0 saturated carbocycles. The first-order valence-electron chi connectivity index (χ1n) is 15.4. The summed E-state index contributed by atoms with van der Waals surface area (Å²) in [6.45, 7) is 4.48. The summed E-state index contributed by atoms with van der Waals surface area (Å²) in [6, 6.07) is 25.3. The third-order valence-corrected chi connectivity index (χ3v) is 9.54. The van der Waals surface area contributed by atoms with Crippen molar-refractivity contribution >= 4 is 56.2 Å². The topological polar surface area (TPSA) is 121 Å². The number of nitrogen functional groups attached to an aromatic ring is 1. The summed E-state index contributed by atoms with van der Waals surface area (Å²) in [6.07, 6.45) is 2.40. The molecular weight excluding hydrogens is 598 g/mol. The van der Waals surface area contributed by atoms with Gasteiger partial charge in [0.2, 0.25) is 0 Å². The number of aromatic nitrogens is 3. The average molecular weight is 632 g/mol. The predicted octanol–water partition coefficient (Wildman–Crippen LogP) is 7.32. The highest BCUT2D eigenvalue weighted by molar-refractivity contribution is 7.17. The van der Waals surface area contributed by atoms with E-state index in [1.807, 2.05) is 61.5 Å². The van der Waals surface area contributed by atoms with Crippen LogP contribution in [0.1, 0.15) is 62.9 Å². The quantitative estimate of drug-likeness (QED) is 0.169. The molecule has 6 aromatic rings. The SMILES string of the molecule is CCOC(=O)c1c(NC(=O)c2c(N)n(-c3ccc(OCC)cc3)c3nc4ccccc4nc23)sc2c1CCC(c1ccccc1)C2. The molecule has 0 spiro atoms. The zero-order valence-corrected chi connectivity index (χ0v) is 26.4. The minimum Gasteiger partial charge on any atom is -0.494 e. The molecule has 0 fully saturated rings. The lowest BCUT2D eigenvalue weighted by atomic mass is 9.83. The molecule has 1 aliphatic carbocycles. The first-order chi connectivity index (χ1) is 22.5. The third kappa shape index (κ3) is 5.24. The lowest BCUT2D eigenvalue weighted by Crippen LogP contribution is -2.18. The number of benzene rings is 3. The Kier molecular flexibility index (Phi) is 7.88. The molecule has 1 aliphatic rings. The molecule has 46 heavy (non-hydrogen) atoms. The van der Waals surface area contributed by atoms with E-state index in [4.69, 9.17) is 25.2 Å². The van der Waals surface area contributed by atoms with Gasteiger partial charge in [-0.15, -0.1) is 11.3 Å². The zero-order valence-electron chi connectivity index (χ0n) is 25.6. The summed E-state index contributed by atoms with van der Waals surface area (Å²) < 4.78 is 12.8.